The summed E-state index contributed by atoms with van der Waals surface area (Å²) >= 11 is 7.79. The lowest BCUT2D eigenvalue weighted by atomic mass is 10.4. The molecule has 0 radical (unpaired) electrons. The van der Waals surface area contributed by atoms with Crippen LogP contribution in [0.25, 0.3) is 9.40 Å². The number of hydrogen-bond acceptors (Lipinski definition) is 4. The Hall–Kier alpha value is -0.980. The van der Waals surface area contributed by atoms with Crippen LogP contribution in [0.5, 0.6) is 0 Å². The number of thiocarbonyl (C=S) groups is 1. The molecule has 0 saturated carbocycles. The van der Waals surface area contributed by atoms with Crippen LogP contribution in [0.15, 0.2) is 17.5 Å². The smallest absolute Gasteiger partial charge is 0.261 e. The van der Waals surface area contributed by atoms with Crippen molar-refractivity contribution in [2.24, 2.45) is 5.73 Å². The van der Waals surface area contributed by atoms with Gasteiger partial charge < -0.3 is 11.1 Å². The van der Waals surface area contributed by atoms with Gasteiger partial charge >= 0.3 is 0 Å². The largest absolute Gasteiger partial charge is 0.392 e. The first-order valence-corrected chi connectivity index (χ1v) is 6.31. The first-order valence-electron chi connectivity index (χ1n) is 4.20. The number of nitrogens with one attached hydrogen (secondary N) is 1. The molecule has 2 rings (SSSR count). The first-order chi connectivity index (χ1) is 7.16. The molecule has 0 fully saturated rings. The van der Waals surface area contributed by atoms with Gasteiger partial charge in [0.25, 0.3) is 5.91 Å². The van der Waals surface area contributed by atoms with Crippen LogP contribution < -0.4 is 11.1 Å². The number of carbonyl (C=O) groups excluding carboxylic acids is 1. The zero-order valence-corrected chi connectivity index (χ0v) is 10.1. The Labute approximate surface area is 99.9 Å². The molecule has 3 nitrogen and oxygen atoms in total. The van der Waals surface area contributed by atoms with Crippen LogP contribution >= 0.6 is 34.9 Å². The molecule has 1 amide bonds. The second-order valence-electron chi connectivity index (χ2n) is 2.91. The number of carbonyl (C=O) groups is 1. The number of thiophene rings is 2. The molecule has 15 heavy (non-hydrogen) atoms. The highest BCUT2D eigenvalue weighted by atomic mass is 32.1. The summed E-state index contributed by atoms with van der Waals surface area (Å²) in [7, 11) is 0. The fraction of sp³-hybridized carbons (Fsp3) is 0.111. The van der Waals surface area contributed by atoms with E-state index >= 15 is 0 Å². The molecule has 2 heterocycles. The molecule has 0 aliphatic carbocycles. The maximum absolute atomic E-state index is 11.6. The topological polar surface area (TPSA) is 55.1 Å². The van der Waals surface area contributed by atoms with Crippen LogP contribution in [-0.2, 0) is 0 Å². The quantitative estimate of drug-likeness (QED) is 0.826. The predicted molar refractivity (Wildman–Crippen MR) is 68.8 cm³/mol. The van der Waals surface area contributed by atoms with Gasteiger partial charge in [-0.05, 0) is 17.5 Å². The van der Waals surface area contributed by atoms with E-state index < -0.39 is 0 Å². The molecule has 0 saturated heterocycles. The summed E-state index contributed by atoms with van der Waals surface area (Å²) in [6, 6.07) is 3.90. The molecular weight excluding hydrogens is 248 g/mol. The van der Waals surface area contributed by atoms with Crippen molar-refractivity contribution in [2.45, 2.75) is 0 Å². The maximum Gasteiger partial charge on any atom is 0.261 e. The van der Waals surface area contributed by atoms with Crippen molar-refractivity contribution < 1.29 is 4.79 Å². The van der Waals surface area contributed by atoms with Gasteiger partial charge in [0, 0.05) is 9.40 Å². The minimum absolute atomic E-state index is 0.115. The van der Waals surface area contributed by atoms with Crippen LogP contribution in [0.4, 0.5) is 0 Å². The minimum atomic E-state index is -0.115. The van der Waals surface area contributed by atoms with E-state index in [1.165, 1.54) is 11.3 Å². The molecule has 0 bridgehead atoms. The first kappa shape index (κ1) is 10.5. The average molecular weight is 256 g/mol. The SMILES string of the molecule is NC(=S)CNC(=O)c1cc2sccc2s1. The van der Waals surface area contributed by atoms with Gasteiger partial charge in [0.05, 0.1) is 16.4 Å². The fourth-order valence-electron chi connectivity index (χ4n) is 1.13. The highest BCUT2D eigenvalue weighted by Gasteiger charge is 2.10. The van der Waals surface area contributed by atoms with E-state index in [1.807, 2.05) is 17.5 Å². The lowest BCUT2D eigenvalue weighted by molar-refractivity contribution is 0.0963. The van der Waals surface area contributed by atoms with E-state index in [0.29, 0.717) is 9.87 Å². The van der Waals surface area contributed by atoms with Gasteiger partial charge in [0.15, 0.2) is 0 Å². The Balaban J connectivity index is 2.13. The van der Waals surface area contributed by atoms with Gasteiger partial charge in [-0.2, -0.15) is 0 Å². The van der Waals surface area contributed by atoms with Crippen LogP contribution in [0, 0.1) is 0 Å². The summed E-state index contributed by atoms with van der Waals surface area (Å²) in [5.41, 5.74) is 5.30. The Bertz CT molecular complexity index is 486. The molecule has 2 aromatic rings. The van der Waals surface area contributed by atoms with Gasteiger partial charge in [-0.3, -0.25) is 4.79 Å². The van der Waals surface area contributed by atoms with Gasteiger partial charge in [-0.1, -0.05) is 12.2 Å². The second kappa shape index (κ2) is 4.26. The number of fused-ring (bicyclic) bond motifs is 1. The van der Waals surface area contributed by atoms with E-state index in [1.54, 1.807) is 11.3 Å². The third kappa shape index (κ3) is 2.34. The molecule has 0 spiro atoms. The molecule has 2 aromatic heterocycles. The number of amides is 1. The Morgan fingerprint density at radius 1 is 1.53 bits per heavy atom. The van der Waals surface area contributed by atoms with E-state index in [4.69, 9.17) is 5.73 Å². The summed E-state index contributed by atoms with van der Waals surface area (Å²) in [4.78, 5) is 12.6. The van der Waals surface area contributed by atoms with Crippen molar-refractivity contribution in [3.8, 4) is 0 Å². The molecule has 0 aromatic carbocycles. The molecule has 0 unspecified atom stereocenters. The van der Waals surface area contributed by atoms with Crippen LogP contribution in [-0.4, -0.2) is 17.4 Å². The third-order valence-corrected chi connectivity index (χ3v) is 4.02. The normalized spacial score (nSPS) is 10.4. The molecule has 0 aliphatic rings. The molecule has 3 N–H and O–H groups in total. The van der Waals surface area contributed by atoms with E-state index in [-0.39, 0.29) is 12.5 Å². The zero-order chi connectivity index (χ0) is 10.8. The van der Waals surface area contributed by atoms with Crippen LogP contribution in [0.3, 0.4) is 0 Å². The highest BCUT2D eigenvalue weighted by molar-refractivity contribution is 7.80. The van der Waals surface area contributed by atoms with Crippen molar-refractivity contribution in [1.29, 1.82) is 0 Å². The summed E-state index contributed by atoms with van der Waals surface area (Å²) < 4.78 is 2.28. The second-order valence-corrected chi connectivity index (χ2v) is 5.46. The van der Waals surface area contributed by atoms with E-state index in [2.05, 4.69) is 17.5 Å². The van der Waals surface area contributed by atoms with Gasteiger partial charge in [0.1, 0.15) is 0 Å². The maximum atomic E-state index is 11.6. The van der Waals surface area contributed by atoms with Gasteiger partial charge in [-0.15, -0.1) is 22.7 Å². The molecule has 78 valence electrons. The van der Waals surface area contributed by atoms with Crippen molar-refractivity contribution >= 4 is 55.2 Å². The van der Waals surface area contributed by atoms with Gasteiger partial charge in [-0.25, -0.2) is 0 Å². The molecule has 6 heteroatoms. The minimum Gasteiger partial charge on any atom is -0.392 e. The van der Waals surface area contributed by atoms with Crippen molar-refractivity contribution in [3.05, 3.63) is 22.4 Å². The monoisotopic (exact) mass is 256 g/mol. The zero-order valence-electron chi connectivity index (χ0n) is 7.65. The molecular formula is C9H8N2OS3. The number of rotatable bonds is 3. The summed E-state index contributed by atoms with van der Waals surface area (Å²) in [6.45, 7) is 0.250. The Morgan fingerprint density at radius 3 is 3.00 bits per heavy atom. The van der Waals surface area contributed by atoms with Crippen molar-refractivity contribution in [3.63, 3.8) is 0 Å². The fourth-order valence-corrected chi connectivity index (χ4v) is 3.23. The Morgan fingerprint density at radius 2 is 2.33 bits per heavy atom. The molecule has 0 atom stereocenters. The third-order valence-electron chi connectivity index (χ3n) is 1.79. The summed E-state index contributed by atoms with van der Waals surface area (Å²) in [5, 5.41) is 4.67. The average Bonchev–Trinajstić information content (AvgIpc) is 2.72. The van der Waals surface area contributed by atoms with Crippen molar-refractivity contribution in [1.82, 2.24) is 5.32 Å². The van der Waals surface area contributed by atoms with Gasteiger partial charge in [0.2, 0.25) is 0 Å². The Kier molecular flexibility index (Phi) is 2.99. The standard InChI is InChI=1S/C9H8N2OS3/c10-8(13)4-11-9(12)7-3-6-5(15-7)1-2-14-6/h1-3H,4H2,(H2,10,13)(H,11,12). The number of nitrogens with two attached hydrogens (primary N) is 1. The lowest BCUT2D eigenvalue weighted by Crippen LogP contribution is -2.31. The van der Waals surface area contributed by atoms with E-state index in [0.717, 1.165) is 9.40 Å². The van der Waals surface area contributed by atoms with Crippen LogP contribution in [0.2, 0.25) is 0 Å². The summed E-state index contributed by atoms with van der Waals surface area (Å²) in [5.74, 6) is -0.115. The molecule has 0 aliphatic heterocycles. The van der Waals surface area contributed by atoms with E-state index in [9.17, 15) is 4.79 Å². The predicted octanol–water partition coefficient (Wildman–Crippen LogP) is 1.98. The highest BCUT2D eigenvalue weighted by Crippen LogP contribution is 2.29. The van der Waals surface area contributed by atoms with Crippen LogP contribution in [0.1, 0.15) is 9.67 Å². The van der Waals surface area contributed by atoms with Crippen molar-refractivity contribution in [2.75, 3.05) is 6.54 Å². The summed E-state index contributed by atoms with van der Waals surface area (Å²) in [6.07, 6.45) is 0. The number of hydrogen-bond donors (Lipinski definition) is 2. The lowest BCUT2D eigenvalue weighted by Gasteiger charge is -2.00.